The Kier molecular flexibility index (Phi) is 5.09. The van der Waals surface area contributed by atoms with Gasteiger partial charge in [-0.05, 0) is 0 Å². The molecule has 1 amide bonds. The number of phenols is 1. The summed E-state index contributed by atoms with van der Waals surface area (Å²) in [6.45, 7) is 0.502. The van der Waals surface area contributed by atoms with Crippen molar-refractivity contribution in [2.45, 2.75) is 5.92 Å². The number of ether oxygens (including phenoxy) is 2. The van der Waals surface area contributed by atoms with E-state index in [2.05, 4.69) is 0 Å². The predicted molar refractivity (Wildman–Crippen MR) is 125 cm³/mol. The van der Waals surface area contributed by atoms with Gasteiger partial charge in [-0.3, -0.25) is 0 Å². The molecule has 4 aromatic rings. The maximum absolute atomic E-state index is 13.6. The third-order valence-corrected chi connectivity index (χ3v) is 8.46. The van der Waals surface area contributed by atoms with E-state index in [1.54, 1.807) is 25.2 Å². The molecule has 158 valence electrons. The fourth-order valence-electron chi connectivity index (χ4n) is 4.35. The van der Waals surface area contributed by atoms with Crippen LogP contribution in [-0.2, 0) is 0 Å². The van der Waals surface area contributed by atoms with E-state index in [1.165, 1.54) is 0 Å². The van der Waals surface area contributed by atoms with Crippen LogP contribution in [0, 0.1) is 0 Å². The Morgan fingerprint density at radius 1 is 1.13 bits per heavy atom. The molecule has 7 heteroatoms. The predicted octanol–water partition coefficient (Wildman–Crippen LogP) is 4.76. The van der Waals surface area contributed by atoms with Crippen molar-refractivity contribution in [3.05, 3.63) is 58.5 Å². The number of anilines is 1. The molecule has 0 aliphatic carbocycles. The Balaban J connectivity index is 1.61. The van der Waals surface area contributed by atoms with Crippen molar-refractivity contribution < 1.29 is 19.4 Å². The third kappa shape index (κ3) is 3.18. The first kappa shape index (κ1) is 20.3. The van der Waals surface area contributed by atoms with E-state index in [1.807, 2.05) is 42.5 Å². The fourth-order valence-corrected chi connectivity index (χ4v) is 6.75. The average molecular weight is 501 g/mol. The molecule has 1 N–H and O–H groups in total. The molecule has 0 bridgehead atoms. The first-order chi connectivity index (χ1) is 15.0. The number of amides is 1. The molecule has 1 aromatic heterocycles. The Bertz CT molecular complexity index is 1290. The summed E-state index contributed by atoms with van der Waals surface area (Å²) in [5.74, 6) is 1.86. The third-order valence-electron chi connectivity index (χ3n) is 5.81. The number of benzene rings is 3. The number of carbonyl (C=O) groups excluding carboxylic acids is 1. The van der Waals surface area contributed by atoms with Crippen molar-refractivity contribution >= 4 is 58.1 Å². The van der Waals surface area contributed by atoms with Gasteiger partial charge in [0.15, 0.2) is 0 Å². The Labute approximate surface area is 190 Å². The monoisotopic (exact) mass is 501 g/mol. The molecule has 0 spiro atoms. The van der Waals surface area contributed by atoms with Gasteiger partial charge in [-0.15, -0.1) is 0 Å². The average Bonchev–Trinajstić information content (AvgIpc) is 3.38. The van der Waals surface area contributed by atoms with Gasteiger partial charge in [0.2, 0.25) is 0 Å². The molecule has 0 fully saturated rings. The fraction of sp³-hybridized carbons (Fsp3) is 0.208. The van der Waals surface area contributed by atoms with Gasteiger partial charge >= 0.3 is 191 Å². The number of phenolic OH excluding ortho intramolecular Hbond substituents is 1. The second-order valence-corrected chi connectivity index (χ2v) is 10.1. The van der Waals surface area contributed by atoms with Crippen LogP contribution in [0.15, 0.2) is 48.5 Å². The van der Waals surface area contributed by atoms with E-state index >= 15 is 0 Å². The summed E-state index contributed by atoms with van der Waals surface area (Å²) in [5.41, 5.74) is 1.78. The van der Waals surface area contributed by atoms with Gasteiger partial charge in [-0.2, -0.15) is 0 Å². The van der Waals surface area contributed by atoms with Crippen molar-refractivity contribution in [2.75, 3.05) is 31.5 Å². The second-order valence-electron chi connectivity index (χ2n) is 7.50. The van der Waals surface area contributed by atoms with Crippen LogP contribution in [0.3, 0.4) is 0 Å². The summed E-state index contributed by atoms with van der Waals surface area (Å²) in [5, 5.41) is 13.3. The van der Waals surface area contributed by atoms with Gasteiger partial charge in [-0.25, -0.2) is 0 Å². The van der Waals surface area contributed by atoms with Crippen molar-refractivity contribution in [3.63, 3.8) is 0 Å². The molecule has 5 rings (SSSR count). The zero-order chi connectivity index (χ0) is 21.7. The summed E-state index contributed by atoms with van der Waals surface area (Å²) in [4.78, 5) is 15.3. The number of hydrogen-bond acceptors (Lipinski definition) is 4. The summed E-state index contributed by atoms with van der Waals surface area (Å²) in [7, 11) is 3.21. The van der Waals surface area contributed by atoms with Crippen LogP contribution < -0.4 is 14.4 Å². The van der Waals surface area contributed by atoms with Crippen LogP contribution in [0.2, 0.25) is 0 Å². The van der Waals surface area contributed by atoms with Gasteiger partial charge < -0.3 is 0 Å². The van der Waals surface area contributed by atoms with E-state index in [0.717, 1.165) is 36.1 Å². The van der Waals surface area contributed by atoms with E-state index in [4.69, 9.17) is 21.1 Å². The van der Waals surface area contributed by atoms with Crippen LogP contribution in [0.1, 0.15) is 20.7 Å². The molecule has 0 saturated heterocycles. The van der Waals surface area contributed by atoms with E-state index in [0.29, 0.717) is 23.9 Å². The Morgan fingerprint density at radius 2 is 1.84 bits per heavy atom. The van der Waals surface area contributed by atoms with Crippen molar-refractivity contribution in [1.29, 1.82) is 0 Å². The number of nitrogens with zero attached hydrogens (tertiary/aromatic N) is 1. The number of rotatable bonds is 4. The number of methoxy groups -OCH3 is 2. The van der Waals surface area contributed by atoms with Gasteiger partial charge in [0.05, 0.1) is 0 Å². The molecule has 0 unspecified atom stereocenters. The Hall–Kier alpha value is -2.66. The first-order valence-electron chi connectivity index (χ1n) is 9.83. The number of halogens is 1. The molecular weight excluding hydrogens is 481 g/mol. The van der Waals surface area contributed by atoms with Gasteiger partial charge in [0.1, 0.15) is 0 Å². The summed E-state index contributed by atoms with van der Waals surface area (Å²) in [6.07, 6.45) is 0. The second kappa shape index (κ2) is 7.79. The molecule has 3 aromatic carbocycles. The molecular formula is C24H20ClNO4Se. The zero-order valence-electron chi connectivity index (χ0n) is 17.0. The van der Waals surface area contributed by atoms with E-state index < -0.39 is 0 Å². The van der Waals surface area contributed by atoms with Crippen LogP contribution in [-0.4, -0.2) is 52.2 Å². The van der Waals surface area contributed by atoms with E-state index in [-0.39, 0.29) is 32.1 Å². The topological polar surface area (TPSA) is 59.0 Å². The Morgan fingerprint density at radius 3 is 2.55 bits per heavy atom. The van der Waals surface area contributed by atoms with Crippen LogP contribution >= 0.6 is 11.6 Å². The van der Waals surface area contributed by atoms with Crippen LogP contribution in [0.25, 0.3) is 20.4 Å². The van der Waals surface area contributed by atoms with Crippen molar-refractivity contribution in [3.8, 4) is 17.2 Å². The number of carbonyl (C=O) groups is 1. The van der Waals surface area contributed by atoms with Crippen LogP contribution in [0.4, 0.5) is 5.69 Å². The van der Waals surface area contributed by atoms with Crippen LogP contribution in [0.5, 0.6) is 17.2 Å². The summed E-state index contributed by atoms with van der Waals surface area (Å²) in [6, 6.07) is 15.2. The molecule has 0 saturated carbocycles. The number of fused-ring (bicyclic) bond motifs is 4. The molecule has 2 heterocycles. The standard InChI is InChI=1S/C24H20ClNO4Se/c1-29-19-7-13-8-22(31-21(13)10-20(19)30-2)24(28)26-12-14(11-25)23-16-6-4-3-5-15(16)18(27)9-17(23)26/h3-10,14,27H,11-12H2,1-2H3/t14-/m1/s1. The summed E-state index contributed by atoms with van der Waals surface area (Å²) < 4.78 is 12.7. The van der Waals surface area contributed by atoms with Crippen molar-refractivity contribution in [1.82, 2.24) is 0 Å². The number of alkyl halides is 1. The van der Waals surface area contributed by atoms with E-state index in [9.17, 15) is 9.90 Å². The quantitative estimate of drug-likeness (QED) is 0.324. The molecule has 0 radical (unpaired) electrons. The maximum atomic E-state index is 13.6. The zero-order valence-corrected chi connectivity index (χ0v) is 19.5. The molecule has 5 nitrogen and oxygen atoms in total. The van der Waals surface area contributed by atoms with Gasteiger partial charge in [-0.1, -0.05) is 0 Å². The number of hydrogen-bond donors (Lipinski definition) is 1. The minimum atomic E-state index is -0.149. The first-order valence-corrected chi connectivity index (χ1v) is 12.1. The summed E-state index contributed by atoms with van der Waals surface area (Å²) >= 11 is 6.16. The molecule has 1 aliphatic rings. The SMILES string of the molecule is COc1cc2cc(C(=O)N3C[C@@H](CCl)c4c3cc(O)c3ccccc43)[se]c2cc1OC. The molecule has 1 aliphatic heterocycles. The number of aromatic hydroxyl groups is 1. The minimum absolute atomic E-state index is 0.0168. The molecule has 31 heavy (non-hydrogen) atoms. The van der Waals surface area contributed by atoms with Gasteiger partial charge in [0.25, 0.3) is 0 Å². The molecule has 1 atom stereocenters. The normalized spacial score (nSPS) is 15.5. The van der Waals surface area contributed by atoms with Gasteiger partial charge in [0, 0.05) is 0 Å². The van der Waals surface area contributed by atoms with Crippen molar-refractivity contribution in [2.24, 2.45) is 0 Å².